The van der Waals surface area contributed by atoms with Crippen LogP contribution in [0.5, 0.6) is 0 Å². The summed E-state index contributed by atoms with van der Waals surface area (Å²) >= 11 is 0. The van der Waals surface area contributed by atoms with Crippen molar-refractivity contribution in [2.24, 2.45) is 0 Å². The number of fused-ring (bicyclic) bond motifs is 1. The van der Waals surface area contributed by atoms with Crippen molar-refractivity contribution >= 4 is 21.1 Å². The Labute approximate surface area is 119 Å². The predicted molar refractivity (Wildman–Crippen MR) is 75.1 cm³/mol. The van der Waals surface area contributed by atoms with Crippen LogP contribution in [0, 0.1) is 0 Å². The fourth-order valence-corrected chi connectivity index (χ4v) is 2.89. The van der Waals surface area contributed by atoms with Gasteiger partial charge in [-0.2, -0.15) is 0 Å². The molecule has 0 aliphatic heterocycles. The van der Waals surface area contributed by atoms with Crippen molar-refractivity contribution in [2.45, 2.75) is 11.4 Å². The minimum Gasteiger partial charge on any atom is -0.408 e. The normalized spacial score (nSPS) is 11.8. The first kappa shape index (κ1) is 13.5. The van der Waals surface area contributed by atoms with E-state index < -0.39 is 15.8 Å². The van der Waals surface area contributed by atoms with Gasteiger partial charge in [0, 0.05) is 25.0 Å². The Morgan fingerprint density at radius 1 is 1.19 bits per heavy atom. The summed E-state index contributed by atoms with van der Waals surface area (Å²) in [7, 11) is -3.69. The molecular weight excluding hydrogens is 294 g/mol. The van der Waals surface area contributed by atoms with Gasteiger partial charge in [-0.1, -0.05) is 0 Å². The summed E-state index contributed by atoms with van der Waals surface area (Å²) in [4.78, 5) is 17.4. The van der Waals surface area contributed by atoms with E-state index >= 15 is 0 Å². The molecule has 0 amide bonds. The number of H-pyrrole nitrogens is 1. The third kappa shape index (κ3) is 2.86. The van der Waals surface area contributed by atoms with Gasteiger partial charge in [-0.3, -0.25) is 9.97 Å². The van der Waals surface area contributed by atoms with E-state index in [1.54, 1.807) is 24.5 Å². The van der Waals surface area contributed by atoms with Crippen LogP contribution in [-0.4, -0.2) is 18.4 Å². The molecule has 7 nitrogen and oxygen atoms in total. The SMILES string of the molecule is O=c1[nH]c2ccc(S(=O)(=O)NCc3ccncc3)cc2o1. The molecule has 0 radical (unpaired) electrons. The summed E-state index contributed by atoms with van der Waals surface area (Å²) in [5, 5.41) is 0. The molecule has 0 aliphatic carbocycles. The zero-order chi connectivity index (χ0) is 14.9. The predicted octanol–water partition coefficient (Wildman–Crippen LogP) is 0.995. The van der Waals surface area contributed by atoms with Crippen LogP contribution < -0.4 is 10.5 Å². The second kappa shape index (κ2) is 5.15. The zero-order valence-corrected chi connectivity index (χ0v) is 11.6. The highest BCUT2D eigenvalue weighted by Gasteiger charge is 2.15. The quantitative estimate of drug-likeness (QED) is 0.748. The summed E-state index contributed by atoms with van der Waals surface area (Å²) in [6.45, 7) is 0.153. The van der Waals surface area contributed by atoms with E-state index in [0.29, 0.717) is 5.52 Å². The van der Waals surface area contributed by atoms with Crippen molar-refractivity contribution in [2.75, 3.05) is 0 Å². The zero-order valence-electron chi connectivity index (χ0n) is 10.7. The molecule has 21 heavy (non-hydrogen) atoms. The maximum atomic E-state index is 12.2. The molecule has 0 saturated carbocycles. The first-order valence-corrected chi connectivity index (χ1v) is 7.54. The molecule has 3 aromatic rings. The number of oxazole rings is 1. The summed E-state index contributed by atoms with van der Waals surface area (Å²) < 4.78 is 31.7. The molecule has 0 unspecified atom stereocenters. The fraction of sp³-hybridized carbons (Fsp3) is 0.0769. The van der Waals surface area contributed by atoms with Crippen LogP contribution in [0.1, 0.15) is 5.56 Å². The van der Waals surface area contributed by atoms with Gasteiger partial charge in [-0.25, -0.2) is 17.9 Å². The molecule has 0 aliphatic rings. The molecule has 2 heterocycles. The van der Waals surface area contributed by atoms with Gasteiger partial charge < -0.3 is 4.42 Å². The minimum absolute atomic E-state index is 0.0341. The third-order valence-corrected chi connectivity index (χ3v) is 4.32. The summed E-state index contributed by atoms with van der Waals surface area (Å²) in [5.74, 6) is -0.621. The number of aromatic amines is 1. The highest BCUT2D eigenvalue weighted by atomic mass is 32.2. The largest absolute Gasteiger partial charge is 0.417 e. The fourth-order valence-electron chi connectivity index (χ4n) is 1.86. The highest BCUT2D eigenvalue weighted by molar-refractivity contribution is 7.89. The van der Waals surface area contributed by atoms with Crippen LogP contribution in [-0.2, 0) is 16.6 Å². The van der Waals surface area contributed by atoms with E-state index in [2.05, 4.69) is 14.7 Å². The van der Waals surface area contributed by atoms with Gasteiger partial charge in [-0.05, 0) is 29.8 Å². The lowest BCUT2D eigenvalue weighted by Gasteiger charge is -2.06. The van der Waals surface area contributed by atoms with E-state index in [1.165, 1.54) is 18.2 Å². The third-order valence-electron chi connectivity index (χ3n) is 2.92. The number of hydrogen-bond acceptors (Lipinski definition) is 5. The first-order chi connectivity index (χ1) is 10.0. The summed E-state index contributed by atoms with van der Waals surface area (Å²) in [6.07, 6.45) is 3.17. The lowest BCUT2D eigenvalue weighted by atomic mass is 10.3. The van der Waals surface area contributed by atoms with Crippen molar-refractivity contribution in [3.8, 4) is 0 Å². The average molecular weight is 305 g/mol. The Morgan fingerprint density at radius 3 is 2.71 bits per heavy atom. The Balaban J connectivity index is 1.87. The topological polar surface area (TPSA) is 105 Å². The van der Waals surface area contributed by atoms with E-state index in [1.807, 2.05) is 0 Å². The lowest BCUT2D eigenvalue weighted by molar-refractivity contribution is 0.553. The Hall–Kier alpha value is -2.45. The average Bonchev–Trinajstić information content (AvgIpc) is 2.85. The highest BCUT2D eigenvalue weighted by Crippen LogP contribution is 2.16. The number of rotatable bonds is 4. The van der Waals surface area contributed by atoms with E-state index in [0.717, 1.165) is 5.56 Å². The number of nitrogens with zero attached hydrogens (tertiary/aromatic N) is 1. The van der Waals surface area contributed by atoms with Gasteiger partial charge in [0.1, 0.15) is 0 Å². The Bertz CT molecular complexity index is 929. The monoisotopic (exact) mass is 305 g/mol. The molecule has 0 spiro atoms. The van der Waals surface area contributed by atoms with E-state index in [4.69, 9.17) is 4.42 Å². The molecule has 0 bridgehead atoms. The number of nitrogens with one attached hydrogen (secondary N) is 2. The summed E-state index contributed by atoms with van der Waals surface area (Å²) in [6, 6.07) is 7.64. The number of pyridine rings is 1. The van der Waals surface area contributed by atoms with Crippen LogP contribution in [0.4, 0.5) is 0 Å². The smallest absolute Gasteiger partial charge is 0.408 e. The number of sulfonamides is 1. The van der Waals surface area contributed by atoms with Crippen LogP contribution in [0.2, 0.25) is 0 Å². The summed E-state index contributed by atoms with van der Waals surface area (Å²) in [5.41, 5.74) is 1.45. The number of hydrogen-bond donors (Lipinski definition) is 2. The molecule has 108 valence electrons. The van der Waals surface area contributed by atoms with Gasteiger partial charge in [0.15, 0.2) is 5.58 Å². The van der Waals surface area contributed by atoms with Crippen molar-refractivity contribution in [3.63, 3.8) is 0 Å². The van der Waals surface area contributed by atoms with Crippen LogP contribution in [0.25, 0.3) is 11.1 Å². The molecule has 0 fully saturated rings. The second-order valence-electron chi connectivity index (χ2n) is 4.35. The first-order valence-electron chi connectivity index (χ1n) is 6.06. The Kier molecular flexibility index (Phi) is 3.32. The maximum Gasteiger partial charge on any atom is 0.417 e. The minimum atomic E-state index is -3.69. The number of benzene rings is 1. The molecular formula is C13H11N3O4S. The molecule has 1 aromatic carbocycles. The number of aromatic nitrogens is 2. The van der Waals surface area contributed by atoms with E-state index in [9.17, 15) is 13.2 Å². The van der Waals surface area contributed by atoms with Crippen molar-refractivity contribution in [1.29, 1.82) is 0 Å². The van der Waals surface area contributed by atoms with Crippen LogP contribution in [0.15, 0.2) is 56.8 Å². The van der Waals surface area contributed by atoms with Gasteiger partial charge in [-0.15, -0.1) is 0 Å². The Morgan fingerprint density at radius 2 is 1.95 bits per heavy atom. The van der Waals surface area contributed by atoms with Crippen molar-refractivity contribution < 1.29 is 12.8 Å². The molecule has 0 saturated heterocycles. The maximum absolute atomic E-state index is 12.2. The van der Waals surface area contributed by atoms with Gasteiger partial charge in [0.2, 0.25) is 10.0 Å². The van der Waals surface area contributed by atoms with Crippen molar-refractivity contribution in [1.82, 2.24) is 14.7 Å². The lowest BCUT2D eigenvalue weighted by Crippen LogP contribution is -2.23. The van der Waals surface area contributed by atoms with E-state index in [-0.39, 0.29) is 17.0 Å². The molecule has 3 rings (SSSR count). The van der Waals surface area contributed by atoms with Gasteiger partial charge in [0.25, 0.3) is 0 Å². The molecule has 2 aromatic heterocycles. The molecule has 2 N–H and O–H groups in total. The molecule has 0 atom stereocenters. The second-order valence-corrected chi connectivity index (χ2v) is 6.12. The van der Waals surface area contributed by atoms with Crippen molar-refractivity contribution in [3.05, 3.63) is 58.8 Å². The standard InChI is InChI=1S/C13H11N3O4S/c17-13-16-11-2-1-10(7-12(11)20-13)21(18,19)15-8-9-3-5-14-6-4-9/h1-7,15H,8H2,(H,16,17). The van der Waals surface area contributed by atoms with Gasteiger partial charge >= 0.3 is 5.76 Å². The van der Waals surface area contributed by atoms with Crippen LogP contribution >= 0.6 is 0 Å². The van der Waals surface area contributed by atoms with Crippen LogP contribution in [0.3, 0.4) is 0 Å². The van der Waals surface area contributed by atoms with Gasteiger partial charge in [0.05, 0.1) is 10.4 Å². The molecule has 8 heteroatoms.